The fourth-order valence-electron chi connectivity index (χ4n) is 2.70. The van der Waals surface area contributed by atoms with E-state index in [-0.39, 0.29) is 36.6 Å². The minimum Gasteiger partial charge on any atom is -0.358 e. The van der Waals surface area contributed by atoms with Gasteiger partial charge >= 0.3 is 10.5 Å². The number of rotatable bonds is 3. The number of nitrogens with one attached hydrogen (secondary N) is 1. The van der Waals surface area contributed by atoms with Crippen LogP contribution in [0.25, 0.3) is 0 Å². The molecule has 1 aromatic carbocycles. The molecule has 1 unspecified atom stereocenters. The van der Waals surface area contributed by atoms with E-state index in [0.29, 0.717) is 5.56 Å². The predicted molar refractivity (Wildman–Crippen MR) is 73.1 cm³/mol. The van der Waals surface area contributed by atoms with Gasteiger partial charge in [-0.3, -0.25) is 19.7 Å². The molecule has 10 heteroatoms. The standard InChI is InChI=1S/C13H11FN2O6S/c14-23(20,21)22-8-2-1-7-6-16(13(19)9(7)5-8)10-3-4-11(17)15-12(10)18/h1-2,5,10H,3-4,6H2,(H,15,17,18). The zero-order valence-electron chi connectivity index (χ0n) is 11.6. The quantitative estimate of drug-likeness (QED) is 0.613. The van der Waals surface area contributed by atoms with E-state index in [2.05, 4.69) is 9.50 Å². The van der Waals surface area contributed by atoms with Crippen molar-refractivity contribution < 1.29 is 30.9 Å². The summed E-state index contributed by atoms with van der Waals surface area (Å²) in [6, 6.07) is 2.99. The third kappa shape index (κ3) is 3.02. The Kier molecular flexibility index (Phi) is 3.55. The van der Waals surface area contributed by atoms with E-state index in [1.807, 2.05) is 0 Å². The Morgan fingerprint density at radius 1 is 1.26 bits per heavy atom. The Labute approximate surface area is 130 Å². The zero-order chi connectivity index (χ0) is 16.8. The van der Waals surface area contributed by atoms with Crippen LogP contribution in [0.2, 0.25) is 0 Å². The Morgan fingerprint density at radius 2 is 2.00 bits per heavy atom. The molecule has 2 heterocycles. The van der Waals surface area contributed by atoms with Crippen LogP contribution in [-0.2, 0) is 26.6 Å². The molecule has 122 valence electrons. The predicted octanol–water partition coefficient (Wildman–Crippen LogP) is 0.0407. The average molecular weight is 342 g/mol. The van der Waals surface area contributed by atoms with Gasteiger partial charge in [0.2, 0.25) is 11.8 Å². The topological polar surface area (TPSA) is 110 Å². The first-order chi connectivity index (χ1) is 10.7. The van der Waals surface area contributed by atoms with Crippen molar-refractivity contribution in [3.8, 4) is 5.75 Å². The van der Waals surface area contributed by atoms with Crippen molar-refractivity contribution in [3.63, 3.8) is 0 Å². The molecule has 0 saturated carbocycles. The smallest absolute Gasteiger partial charge is 0.358 e. The van der Waals surface area contributed by atoms with E-state index in [9.17, 15) is 26.7 Å². The van der Waals surface area contributed by atoms with E-state index >= 15 is 0 Å². The summed E-state index contributed by atoms with van der Waals surface area (Å²) >= 11 is 0. The number of imide groups is 1. The summed E-state index contributed by atoms with van der Waals surface area (Å²) in [6.07, 6.45) is 0.345. The van der Waals surface area contributed by atoms with Gasteiger partial charge < -0.3 is 9.08 Å². The van der Waals surface area contributed by atoms with Crippen LogP contribution in [0.15, 0.2) is 18.2 Å². The number of nitrogens with zero attached hydrogens (tertiary/aromatic N) is 1. The van der Waals surface area contributed by atoms with Gasteiger partial charge in [-0.05, 0) is 24.1 Å². The highest BCUT2D eigenvalue weighted by Gasteiger charge is 2.39. The molecule has 1 saturated heterocycles. The lowest BCUT2D eigenvalue weighted by Gasteiger charge is -2.29. The van der Waals surface area contributed by atoms with Crippen molar-refractivity contribution in [2.45, 2.75) is 25.4 Å². The van der Waals surface area contributed by atoms with Crippen LogP contribution in [0.3, 0.4) is 0 Å². The number of benzene rings is 1. The first-order valence-electron chi connectivity index (χ1n) is 6.66. The van der Waals surface area contributed by atoms with Gasteiger partial charge in [0.1, 0.15) is 11.8 Å². The monoisotopic (exact) mass is 342 g/mol. The largest absolute Gasteiger partial charge is 0.488 e. The summed E-state index contributed by atoms with van der Waals surface area (Å²) in [5.41, 5.74) is 0.694. The highest BCUT2D eigenvalue weighted by Crippen LogP contribution is 2.30. The molecular formula is C13H11FN2O6S. The summed E-state index contributed by atoms with van der Waals surface area (Å²) in [5.74, 6) is -1.77. The van der Waals surface area contributed by atoms with Crippen molar-refractivity contribution in [3.05, 3.63) is 29.3 Å². The maximum absolute atomic E-state index is 12.5. The Morgan fingerprint density at radius 3 is 2.65 bits per heavy atom. The molecule has 1 N–H and O–H groups in total. The zero-order valence-corrected chi connectivity index (χ0v) is 12.4. The molecule has 8 nitrogen and oxygen atoms in total. The van der Waals surface area contributed by atoms with Crippen LogP contribution in [0.5, 0.6) is 5.75 Å². The van der Waals surface area contributed by atoms with Gasteiger partial charge in [0, 0.05) is 18.5 Å². The maximum Gasteiger partial charge on any atom is 0.488 e. The van der Waals surface area contributed by atoms with Gasteiger partial charge in [0.25, 0.3) is 5.91 Å². The van der Waals surface area contributed by atoms with E-state index in [1.54, 1.807) is 0 Å². The van der Waals surface area contributed by atoms with Gasteiger partial charge in [-0.25, -0.2) is 0 Å². The summed E-state index contributed by atoms with van der Waals surface area (Å²) in [4.78, 5) is 36.7. The minimum absolute atomic E-state index is 0.130. The molecule has 3 amide bonds. The van der Waals surface area contributed by atoms with Crippen LogP contribution in [-0.4, -0.2) is 37.1 Å². The number of halogens is 1. The first-order valence-corrected chi connectivity index (χ1v) is 7.97. The van der Waals surface area contributed by atoms with E-state index in [1.165, 1.54) is 17.0 Å². The Hall–Kier alpha value is -2.49. The fourth-order valence-corrected chi connectivity index (χ4v) is 3.03. The highest BCUT2D eigenvalue weighted by molar-refractivity contribution is 7.81. The summed E-state index contributed by atoms with van der Waals surface area (Å²) in [5, 5.41) is 2.17. The first kappa shape index (κ1) is 15.4. The highest BCUT2D eigenvalue weighted by atomic mass is 32.3. The summed E-state index contributed by atoms with van der Waals surface area (Å²) in [6.45, 7) is 0.142. The molecule has 23 heavy (non-hydrogen) atoms. The molecule has 1 aromatic rings. The number of amides is 3. The molecule has 2 aliphatic heterocycles. The van der Waals surface area contributed by atoms with Gasteiger partial charge in [-0.2, -0.15) is 8.42 Å². The third-order valence-corrected chi connectivity index (χ3v) is 4.09. The second-order valence-corrected chi connectivity index (χ2v) is 6.15. The molecule has 0 spiro atoms. The van der Waals surface area contributed by atoms with E-state index in [0.717, 1.165) is 6.07 Å². The van der Waals surface area contributed by atoms with Crippen molar-refractivity contribution in [1.29, 1.82) is 0 Å². The van der Waals surface area contributed by atoms with Crippen LogP contribution in [0, 0.1) is 0 Å². The molecular weight excluding hydrogens is 331 g/mol. The van der Waals surface area contributed by atoms with E-state index in [4.69, 9.17) is 0 Å². The number of piperidine rings is 1. The normalized spacial score (nSPS) is 21.2. The molecule has 3 rings (SSSR count). The lowest BCUT2D eigenvalue weighted by molar-refractivity contribution is -0.136. The van der Waals surface area contributed by atoms with Gasteiger partial charge in [0.05, 0.1) is 0 Å². The number of carbonyl (C=O) groups excluding carboxylic acids is 3. The third-order valence-electron chi connectivity index (χ3n) is 3.70. The second-order valence-electron chi connectivity index (χ2n) is 5.20. The molecule has 1 fully saturated rings. The number of fused-ring (bicyclic) bond motifs is 1. The minimum atomic E-state index is -5.19. The SMILES string of the molecule is O=C1CCC(N2Cc3ccc(OS(=O)(=O)F)cc3C2=O)C(=O)N1. The van der Waals surface area contributed by atoms with Crippen LogP contribution < -0.4 is 9.50 Å². The molecule has 1 atom stereocenters. The van der Waals surface area contributed by atoms with Crippen LogP contribution in [0.1, 0.15) is 28.8 Å². The lowest BCUT2D eigenvalue weighted by atomic mass is 10.0. The average Bonchev–Trinajstić information content (AvgIpc) is 2.74. The Balaban J connectivity index is 1.85. The van der Waals surface area contributed by atoms with Crippen LogP contribution in [0.4, 0.5) is 3.89 Å². The summed E-state index contributed by atoms with van der Waals surface area (Å²) < 4.78 is 37.6. The number of hydrogen-bond donors (Lipinski definition) is 1. The van der Waals surface area contributed by atoms with Gasteiger partial charge in [0.15, 0.2) is 0 Å². The molecule has 0 radical (unpaired) electrons. The fraction of sp³-hybridized carbons (Fsp3) is 0.308. The molecule has 0 aromatic heterocycles. The number of hydrogen-bond acceptors (Lipinski definition) is 6. The number of carbonyl (C=O) groups is 3. The molecule has 0 aliphatic carbocycles. The maximum atomic E-state index is 12.5. The van der Waals surface area contributed by atoms with Gasteiger partial charge in [-0.1, -0.05) is 9.95 Å². The second kappa shape index (κ2) is 5.30. The molecule has 0 bridgehead atoms. The van der Waals surface area contributed by atoms with Crippen molar-refractivity contribution in [1.82, 2.24) is 10.2 Å². The lowest BCUT2D eigenvalue weighted by Crippen LogP contribution is -2.52. The van der Waals surface area contributed by atoms with Crippen molar-refractivity contribution in [2.75, 3.05) is 0 Å². The van der Waals surface area contributed by atoms with Crippen LogP contribution >= 0.6 is 0 Å². The molecule has 2 aliphatic rings. The Bertz CT molecular complexity index is 822. The van der Waals surface area contributed by atoms with Gasteiger partial charge in [-0.15, -0.1) is 0 Å². The van der Waals surface area contributed by atoms with Crippen molar-refractivity contribution >= 4 is 28.2 Å². The van der Waals surface area contributed by atoms with E-state index < -0.39 is 28.4 Å². The summed E-state index contributed by atoms with van der Waals surface area (Å²) in [7, 11) is -5.19. The van der Waals surface area contributed by atoms with Crippen molar-refractivity contribution in [2.24, 2.45) is 0 Å².